The van der Waals surface area contributed by atoms with Gasteiger partial charge in [-0.1, -0.05) is 6.92 Å². The quantitative estimate of drug-likeness (QED) is 0.877. The smallest absolute Gasteiger partial charge is 0.270 e. The largest absolute Gasteiger partial charge is 0.397 e. The molecule has 0 saturated carbocycles. The molecule has 0 fully saturated rings. The SMILES string of the molecule is CCc1cnc(CNC(=O)c2ccc(N)cn2)s1. The summed E-state index contributed by atoms with van der Waals surface area (Å²) in [5, 5.41) is 3.68. The first-order chi connectivity index (χ1) is 8.69. The van der Waals surface area contributed by atoms with Crippen molar-refractivity contribution in [2.24, 2.45) is 0 Å². The lowest BCUT2D eigenvalue weighted by Crippen LogP contribution is -2.23. The van der Waals surface area contributed by atoms with Crippen molar-refractivity contribution in [3.63, 3.8) is 0 Å². The molecule has 0 bridgehead atoms. The molecule has 0 radical (unpaired) electrons. The fraction of sp³-hybridized carbons (Fsp3) is 0.250. The van der Waals surface area contributed by atoms with E-state index < -0.39 is 0 Å². The number of nitrogens with two attached hydrogens (primary N) is 1. The number of carbonyl (C=O) groups excluding carboxylic acids is 1. The van der Waals surface area contributed by atoms with Crippen LogP contribution in [0.4, 0.5) is 5.69 Å². The normalized spacial score (nSPS) is 10.3. The fourth-order valence-corrected chi connectivity index (χ4v) is 2.18. The minimum absolute atomic E-state index is 0.219. The zero-order chi connectivity index (χ0) is 13.0. The van der Waals surface area contributed by atoms with Gasteiger partial charge in [0.1, 0.15) is 10.7 Å². The van der Waals surface area contributed by atoms with Crippen LogP contribution in [0, 0.1) is 0 Å². The van der Waals surface area contributed by atoms with Gasteiger partial charge < -0.3 is 11.1 Å². The molecule has 0 spiro atoms. The molecule has 1 amide bonds. The Morgan fingerprint density at radius 1 is 1.39 bits per heavy atom. The number of amides is 1. The number of aromatic nitrogens is 2. The monoisotopic (exact) mass is 262 g/mol. The second kappa shape index (κ2) is 5.59. The van der Waals surface area contributed by atoms with Gasteiger partial charge >= 0.3 is 0 Å². The summed E-state index contributed by atoms with van der Waals surface area (Å²) in [5.41, 5.74) is 6.41. The van der Waals surface area contributed by atoms with Gasteiger partial charge in [-0.15, -0.1) is 11.3 Å². The van der Waals surface area contributed by atoms with E-state index in [1.807, 2.05) is 6.20 Å². The third kappa shape index (κ3) is 3.04. The molecule has 0 aliphatic carbocycles. The molecule has 0 aromatic carbocycles. The molecular weight excluding hydrogens is 248 g/mol. The van der Waals surface area contributed by atoms with E-state index in [2.05, 4.69) is 22.2 Å². The Morgan fingerprint density at radius 2 is 2.22 bits per heavy atom. The molecule has 2 heterocycles. The average molecular weight is 262 g/mol. The summed E-state index contributed by atoms with van der Waals surface area (Å²) in [7, 11) is 0. The maximum absolute atomic E-state index is 11.8. The molecule has 18 heavy (non-hydrogen) atoms. The Hall–Kier alpha value is -1.95. The first-order valence-electron chi connectivity index (χ1n) is 5.62. The van der Waals surface area contributed by atoms with E-state index in [4.69, 9.17) is 5.73 Å². The van der Waals surface area contributed by atoms with Crippen LogP contribution >= 0.6 is 11.3 Å². The lowest BCUT2D eigenvalue weighted by molar-refractivity contribution is 0.0946. The molecule has 2 aromatic heterocycles. The van der Waals surface area contributed by atoms with Crippen molar-refractivity contribution in [3.05, 3.63) is 40.1 Å². The summed E-state index contributed by atoms with van der Waals surface area (Å²) >= 11 is 1.61. The van der Waals surface area contributed by atoms with E-state index in [0.29, 0.717) is 17.9 Å². The molecule has 6 heteroatoms. The maximum atomic E-state index is 11.8. The Morgan fingerprint density at radius 3 is 2.83 bits per heavy atom. The third-order valence-electron chi connectivity index (χ3n) is 2.37. The van der Waals surface area contributed by atoms with Gasteiger partial charge in [-0.05, 0) is 18.6 Å². The van der Waals surface area contributed by atoms with Gasteiger partial charge in [-0.25, -0.2) is 9.97 Å². The molecule has 2 rings (SSSR count). The molecule has 3 N–H and O–H groups in total. The van der Waals surface area contributed by atoms with Gasteiger partial charge in [0, 0.05) is 11.1 Å². The Balaban J connectivity index is 1.93. The summed E-state index contributed by atoms with van der Waals surface area (Å²) in [6, 6.07) is 3.25. The van der Waals surface area contributed by atoms with Crippen LogP contribution < -0.4 is 11.1 Å². The predicted molar refractivity (Wildman–Crippen MR) is 71.3 cm³/mol. The minimum atomic E-state index is -0.219. The number of thiazole rings is 1. The van der Waals surface area contributed by atoms with Crippen LogP contribution in [0.3, 0.4) is 0 Å². The summed E-state index contributed by atoms with van der Waals surface area (Å²) in [6.45, 7) is 2.50. The average Bonchev–Trinajstić information content (AvgIpc) is 2.85. The predicted octanol–water partition coefficient (Wildman–Crippen LogP) is 1.61. The second-order valence-electron chi connectivity index (χ2n) is 3.73. The van der Waals surface area contributed by atoms with E-state index in [0.717, 1.165) is 11.4 Å². The zero-order valence-electron chi connectivity index (χ0n) is 10.0. The van der Waals surface area contributed by atoms with Crippen LogP contribution in [0.5, 0.6) is 0 Å². The number of anilines is 1. The number of nitrogens with zero attached hydrogens (tertiary/aromatic N) is 2. The molecule has 0 aliphatic heterocycles. The standard InChI is InChI=1S/C12H14N4OS/c1-2-9-6-15-11(18-9)7-16-12(17)10-4-3-8(13)5-14-10/h3-6H,2,7,13H2,1H3,(H,16,17). The number of nitrogens with one attached hydrogen (secondary N) is 1. The van der Waals surface area contributed by atoms with Crippen molar-refractivity contribution in [1.29, 1.82) is 0 Å². The van der Waals surface area contributed by atoms with Gasteiger partial charge in [0.15, 0.2) is 0 Å². The molecule has 5 nitrogen and oxygen atoms in total. The van der Waals surface area contributed by atoms with Crippen LogP contribution in [0.25, 0.3) is 0 Å². The van der Waals surface area contributed by atoms with Gasteiger partial charge in [-0.2, -0.15) is 0 Å². The Labute approximate surface area is 109 Å². The topological polar surface area (TPSA) is 80.9 Å². The third-order valence-corrected chi connectivity index (χ3v) is 3.51. The Kier molecular flexibility index (Phi) is 3.88. The van der Waals surface area contributed by atoms with Crippen LogP contribution in [0.1, 0.15) is 27.3 Å². The van der Waals surface area contributed by atoms with E-state index in [1.165, 1.54) is 11.1 Å². The number of carbonyl (C=O) groups is 1. The summed E-state index contributed by atoms with van der Waals surface area (Å²) in [5.74, 6) is -0.219. The van der Waals surface area contributed by atoms with Crippen molar-refractivity contribution < 1.29 is 4.79 Å². The highest BCUT2D eigenvalue weighted by atomic mass is 32.1. The number of aryl methyl sites for hydroxylation is 1. The highest BCUT2D eigenvalue weighted by Crippen LogP contribution is 2.13. The summed E-state index contributed by atoms with van der Waals surface area (Å²) in [6.07, 6.45) is 4.27. The first kappa shape index (κ1) is 12.5. The lowest BCUT2D eigenvalue weighted by atomic mass is 10.3. The molecular formula is C12H14N4OS. The van der Waals surface area contributed by atoms with Crippen molar-refractivity contribution in [2.45, 2.75) is 19.9 Å². The molecule has 94 valence electrons. The van der Waals surface area contributed by atoms with Gasteiger partial charge in [0.05, 0.1) is 18.4 Å². The molecule has 0 saturated heterocycles. The number of rotatable bonds is 4. The maximum Gasteiger partial charge on any atom is 0.270 e. The minimum Gasteiger partial charge on any atom is -0.397 e. The van der Waals surface area contributed by atoms with Crippen molar-refractivity contribution >= 4 is 22.9 Å². The van der Waals surface area contributed by atoms with Gasteiger partial charge in [0.2, 0.25) is 0 Å². The van der Waals surface area contributed by atoms with E-state index in [9.17, 15) is 4.79 Å². The highest BCUT2D eigenvalue weighted by molar-refractivity contribution is 7.11. The first-order valence-corrected chi connectivity index (χ1v) is 6.44. The Bertz CT molecular complexity index is 535. The fourth-order valence-electron chi connectivity index (χ4n) is 1.38. The van der Waals surface area contributed by atoms with Gasteiger partial charge in [0.25, 0.3) is 5.91 Å². The molecule has 0 atom stereocenters. The van der Waals surface area contributed by atoms with Crippen molar-refractivity contribution in [1.82, 2.24) is 15.3 Å². The van der Waals surface area contributed by atoms with Gasteiger partial charge in [-0.3, -0.25) is 4.79 Å². The summed E-state index contributed by atoms with van der Waals surface area (Å²) < 4.78 is 0. The molecule has 0 unspecified atom stereocenters. The van der Waals surface area contributed by atoms with Crippen LogP contribution in [-0.2, 0) is 13.0 Å². The van der Waals surface area contributed by atoms with Crippen LogP contribution in [-0.4, -0.2) is 15.9 Å². The van der Waals surface area contributed by atoms with E-state index >= 15 is 0 Å². The highest BCUT2D eigenvalue weighted by Gasteiger charge is 2.07. The number of hydrogen-bond donors (Lipinski definition) is 2. The van der Waals surface area contributed by atoms with Crippen molar-refractivity contribution in [2.75, 3.05) is 5.73 Å². The zero-order valence-corrected chi connectivity index (χ0v) is 10.8. The van der Waals surface area contributed by atoms with E-state index in [-0.39, 0.29) is 5.91 Å². The molecule has 2 aromatic rings. The van der Waals surface area contributed by atoms with E-state index in [1.54, 1.807) is 23.5 Å². The number of pyridine rings is 1. The van der Waals surface area contributed by atoms with Crippen LogP contribution in [0.2, 0.25) is 0 Å². The van der Waals surface area contributed by atoms with Crippen molar-refractivity contribution in [3.8, 4) is 0 Å². The lowest BCUT2D eigenvalue weighted by Gasteiger charge is -2.02. The number of hydrogen-bond acceptors (Lipinski definition) is 5. The van der Waals surface area contributed by atoms with Crippen LogP contribution in [0.15, 0.2) is 24.5 Å². The second-order valence-corrected chi connectivity index (χ2v) is 4.93. The number of nitrogen functional groups attached to an aromatic ring is 1. The summed E-state index contributed by atoms with van der Waals surface area (Å²) in [4.78, 5) is 21.2. The molecule has 0 aliphatic rings.